The van der Waals surface area contributed by atoms with Crippen LogP contribution in [0.2, 0.25) is 0 Å². The fourth-order valence-corrected chi connectivity index (χ4v) is 7.89. The normalized spacial score (nSPS) is 20.0. The molecule has 1 aliphatic rings. The Morgan fingerprint density at radius 3 is 1.63 bits per heavy atom. The first-order chi connectivity index (χ1) is 33.2. The highest BCUT2D eigenvalue weighted by molar-refractivity contribution is 5.76. The molecule has 0 aliphatic carbocycles. The zero-order valence-corrected chi connectivity index (χ0v) is 42.8. The Hall–Kier alpha value is -2.90. The van der Waals surface area contributed by atoms with E-state index < -0.39 is 49.5 Å². The third kappa shape index (κ3) is 36.1. The number of rotatable bonds is 45. The first-order valence-corrected chi connectivity index (χ1v) is 27.2. The molecule has 0 spiro atoms. The molecule has 68 heavy (non-hydrogen) atoms. The summed E-state index contributed by atoms with van der Waals surface area (Å²) in [4.78, 5) is 25.0. The van der Waals surface area contributed by atoms with E-state index in [-0.39, 0.29) is 24.9 Å². The summed E-state index contributed by atoms with van der Waals surface area (Å²) in [7, 11) is 0. The van der Waals surface area contributed by atoms with Gasteiger partial charge >= 0.3 is 5.97 Å². The van der Waals surface area contributed by atoms with Crippen molar-refractivity contribution in [3.05, 3.63) is 72.9 Å². The molecule has 1 aliphatic heterocycles. The Morgan fingerprint density at radius 2 is 1.04 bits per heavy atom. The summed E-state index contributed by atoms with van der Waals surface area (Å²) in [6, 6.07) is -0.874. The highest BCUT2D eigenvalue weighted by Gasteiger charge is 2.44. The number of allylic oxidation sites excluding steroid dienone is 11. The lowest BCUT2D eigenvalue weighted by Crippen LogP contribution is -2.60. The Balaban J connectivity index is 2.25. The predicted octanol–water partition coefficient (Wildman–Crippen LogP) is 11.7. The van der Waals surface area contributed by atoms with Gasteiger partial charge in [0, 0.05) is 12.8 Å². The number of ether oxygens (including phenoxy) is 3. The van der Waals surface area contributed by atoms with Crippen molar-refractivity contribution in [2.24, 2.45) is 0 Å². The molecule has 1 heterocycles. The van der Waals surface area contributed by atoms with Crippen LogP contribution in [-0.2, 0) is 23.8 Å². The molecule has 11 heteroatoms. The van der Waals surface area contributed by atoms with Crippen LogP contribution >= 0.6 is 0 Å². The number of amides is 1. The summed E-state index contributed by atoms with van der Waals surface area (Å²) in [5.41, 5.74) is 0. The van der Waals surface area contributed by atoms with E-state index in [0.717, 1.165) is 83.5 Å². The second kappa shape index (κ2) is 46.5. The summed E-state index contributed by atoms with van der Waals surface area (Å²) in [6.45, 7) is 4.14. The molecular formula is C57H99NO10. The molecule has 1 fully saturated rings. The van der Waals surface area contributed by atoms with Crippen LogP contribution < -0.4 is 5.32 Å². The van der Waals surface area contributed by atoms with Gasteiger partial charge in [-0.2, -0.15) is 0 Å². The number of carbonyl (C=O) groups excluding carboxylic acids is 2. The van der Waals surface area contributed by atoms with Gasteiger partial charge in [-0.05, 0) is 89.9 Å². The predicted molar refractivity (Wildman–Crippen MR) is 278 cm³/mol. The second-order valence-corrected chi connectivity index (χ2v) is 18.6. The van der Waals surface area contributed by atoms with Crippen LogP contribution in [0.15, 0.2) is 72.9 Å². The van der Waals surface area contributed by atoms with Crippen molar-refractivity contribution >= 4 is 11.9 Å². The molecule has 1 saturated heterocycles. The number of esters is 1. The smallest absolute Gasteiger partial charge is 0.305 e. The van der Waals surface area contributed by atoms with Crippen molar-refractivity contribution in [1.29, 1.82) is 0 Å². The van der Waals surface area contributed by atoms with Crippen LogP contribution in [0.1, 0.15) is 213 Å². The largest absolute Gasteiger partial charge is 0.466 e. The molecule has 392 valence electrons. The number of unbranched alkanes of at least 4 members (excludes halogenated alkanes) is 21. The maximum Gasteiger partial charge on any atom is 0.305 e. The molecule has 0 aromatic carbocycles. The Kier molecular flexibility index (Phi) is 43.1. The SMILES string of the molecule is CCC/C=C\C/C=C\CCCCCCCC(=O)OCCCCCCCC/C=C\C/C=C\CCC(=O)NC(COC1OC(CO)C(O)C(O)C1O)C(O)/C=C/CC/C=C/CCCCCCCCCC. The minimum atomic E-state index is -1.60. The monoisotopic (exact) mass is 958 g/mol. The number of aliphatic hydroxyl groups excluding tert-OH is 5. The van der Waals surface area contributed by atoms with Gasteiger partial charge in [-0.25, -0.2) is 0 Å². The molecule has 7 unspecified atom stereocenters. The van der Waals surface area contributed by atoms with Crippen molar-refractivity contribution in [2.45, 2.75) is 256 Å². The van der Waals surface area contributed by atoms with Gasteiger partial charge in [-0.3, -0.25) is 9.59 Å². The molecule has 0 aromatic heterocycles. The second-order valence-electron chi connectivity index (χ2n) is 18.6. The zero-order chi connectivity index (χ0) is 49.6. The lowest BCUT2D eigenvalue weighted by molar-refractivity contribution is -0.302. The van der Waals surface area contributed by atoms with Gasteiger partial charge in [0.1, 0.15) is 24.4 Å². The van der Waals surface area contributed by atoms with E-state index in [1.54, 1.807) is 6.08 Å². The molecule has 1 rings (SSSR count). The first-order valence-electron chi connectivity index (χ1n) is 27.2. The number of hydrogen-bond acceptors (Lipinski definition) is 10. The molecule has 11 nitrogen and oxygen atoms in total. The van der Waals surface area contributed by atoms with Crippen LogP contribution in [0.5, 0.6) is 0 Å². The van der Waals surface area contributed by atoms with E-state index in [9.17, 15) is 35.1 Å². The van der Waals surface area contributed by atoms with Crippen molar-refractivity contribution < 1.29 is 49.3 Å². The van der Waals surface area contributed by atoms with Crippen LogP contribution in [0.3, 0.4) is 0 Å². The molecule has 6 N–H and O–H groups in total. The van der Waals surface area contributed by atoms with Gasteiger partial charge in [0.15, 0.2) is 6.29 Å². The quantitative estimate of drug-likeness (QED) is 0.0196. The topological polar surface area (TPSA) is 175 Å². The molecule has 0 saturated carbocycles. The maximum atomic E-state index is 13.0. The third-order valence-corrected chi connectivity index (χ3v) is 12.3. The van der Waals surface area contributed by atoms with Crippen LogP contribution in [0, 0.1) is 0 Å². The van der Waals surface area contributed by atoms with E-state index in [4.69, 9.17) is 14.2 Å². The highest BCUT2D eigenvalue weighted by atomic mass is 16.7. The van der Waals surface area contributed by atoms with Gasteiger partial charge in [0.2, 0.25) is 5.91 Å². The van der Waals surface area contributed by atoms with Gasteiger partial charge in [0.05, 0.1) is 32.0 Å². The summed E-state index contributed by atoms with van der Waals surface area (Å²) in [5.74, 6) is -0.333. The van der Waals surface area contributed by atoms with Crippen LogP contribution in [0.4, 0.5) is 0 Å². The van der Waals surface area contributed by atoms with Crippen molar-refractivity contribution in [3.63, 3.8) is 0 Å². The van der Waals surface area contributed by atoms with E-state index in [0.29, 0.717) is 19.4 Å². The van der Waals surface area contributed by atoms with Crippen molar-refractivity contribution in [3.8, 4) is 0 Å². The maximum absolute atomic E-state index is 13.0. The Labute approximate surface area is 413 Å². The molecule has 1 amide bonds. The number of hydrogen-bond donors (Lipinski definition) is 6. The van der Waals surface area contributed by atoms with Gasteiger partial charge in [-0.1, -0.05) is 183 Å². The van der Waals surface area contributed by atoms with Crippen LogP contribution in [-0.4, -0.2) is 100 Å². The third-order valence-electron chi connectivity index (χ3n) is 12.3. The standard InChI is InChI=1S/C57H99NO10/c1-3-5-7-9-11-13-15-17-20-23-27-31-35-39-43-50(60)49(48-67-57-56(65)55(64)54(63)51(47-59)68-57)58-52(61)44-40-36-32-28-24-21-18-22-26-30-34-38-42-46-66-53(62)45-41-37-33-29-25-19-16-14-12-10-8-6-4-2/h8,10,14,16,21,23-24,27,32,36,39,43,49-51,54-57,59-60,63-65H,3-7,9,11-13,15,17-20,22,25-26,28-31,33-35,37-38,40-42,44-48H2,1-2H3,(H,58,61)/b10-8-,16-14-,24-21-,27-23+,36-32-,43-39+. The van der Waals surface area contributed by atoms with Gasteiger partial charge in [-0.15, -0.1) is 0 Å². The average molecular weight is 958 g/mol. The molecule has 0 bridgehead atoms. The summed E-state index contributed by atoms with van der Waals surface area (Å²) in [5, 5.41) is 54.2. The number of aliphatic hydroxyl groups is 5. The molecule has 0 radical (unpaired) electrons. The lowest BCUT2D eigenvalue weighted by atomic mass is 9.99. The zero-order valence-electron chi connectivity index (χ0n) is 42.8. The number of nitrogens with one attached hydrogen (secondary N) is 1. The van der Waals surface area contributed by atoms with E-state index in [1.165, 1.54) is 96.3 Å². The van der Waals surface area contributed by atoms with Crippen LogP contribution in [0.25, 0.3) is 0 Å². The Morgan fingerprint density at radius 1 is 0.544 bits per heavy atom. The minimum absolute atomic E-state index is 0.0570. The fourth-order valence-electron chi connectivity index (χ4n) is 7.89. The van der Waals surface area contributed by atoms with E-state index >= 15 is 0 Å². The minimum Gasteiger partial charge on any atom is -0.466 e. The van der Waals surface area contributed by atoms with Crippen molar-refractivity contribution in [2.75, 3.05) is 19.8 Å². The fraction of sp³-hybridized carbons (Fsp3) is 0.754. The first kappa shape index (κ1) is 63.1. The summed E-state index contributed by atoms with van der Waals surface area (Å²) < 4.78 is 16.6. The summed E-state index contributed by atoms with van der Waals surface area (Å²) in [6.07, 6.45) is 49.9. The summed E-state index contributed by atoms with van der Waals surface area (Å²) >= 11 is 0. The van der Waals surface area contributed by atoms with Gasteiger partial charge in [0.25, 0.3) is 0 Å². The van der Waals surface area contributed by atoms with E-state index in [2.05, 4.69) is 67.8 Å². The molecular weight excluding hydrogens is 859 g/mol. The average Bonchev–Trinajstić information content (AvgIpc) is 3.33. The molecule has 0 aromatic rings. The number of carbonyl (C=O) groups is 2. The van der Waals surface area contributed by atoms with E-state index in [1.807, 2.05) is 18.2 Å². The van der Waals surface area contributed by atoms with Gasteiger partial charge < -0.3 is 45.1 Å². The highest BCUT2D eigenvalue weighted by Crippen LogP contribution is 2.22. The lowest BCUT2D eigenvalue weighted by Gasteiger charge is -2.40. The molecule has 7 atom stereocenters. The Bertz CT molecular complexity index is 1360. The van der Waals surface area contributed by atoms with Crippen molar-refractivity contribution in [1.82, 2.24) is 5.32 Å².